The summed E-state index contributed by atoms with van der Waals surface area (Å²) in [6, 6.07) is 3.20. The molecule has 0 aliphatic rings. The van der Waals surface area contributed by atoms with Gasteiger partial charge in [0.2, 0.25) is 5.91 Å². The van der Waals surface area contributed by atoms with E-state index in [0.29, 0.717) is 13.1 Å². The van der Waals surface area contributed by atoms with Crippen LogP contribution in [0.3, 0.4) is 0 Å². The van der Waals surface area contributed by atoms with E-state index in [2.05, 4.69) is 5.32 Å². The third-order valence-electron chi connectivity index (χ3n) is 2.32. The lowest BCUT2D eigenvalue weighted by atomic mass is 10.1. The minimum Gasteiger partial charge on any atom is -0.356 e. The molecule has 0 aliphatic heterocycles. The molecule has 17 heavy (non-hydrogen) atoms. The van der Waals surface area contributed by atoms with Crippen LogP contribution >= 0.6 is 0 Å². The minimum atomic E-state index is -0.692. The first-order valence-electron chi connectivity index (χ1n) is 5.54. The van der Waals surface area contributed by atoms with Crippen molar-refractivity contribution in [3.63, 3.8) is 0 Å². The summed E-state index contributed by atoms with van der Waals surface area (Å²) < 4.78 is 25.8. The summed E-state index contributed by atoms with van der Waals surface area (Å²) in [5.74, 6) is -1.61. The second-order valence-electron chi connectivity index (χ2n) is 3.76. The Kier molecular flexibility index (Phi) is 5.56. The lowest BCUT2D eigenvalue weighted by Crippen LogP contribution is -2.26. The van der Waals surface area contributed by atoms with E-state index in [1.54, 1.807) is 0 Å². The lowest BCUT2D eigenvalue weighted by molar-refractivity contribution is -0.120. The molecule has 0 atom stereocenters. The molecule has 0 aliphatic carbocycles. The Morgan fingerprint density at radius 2 is 2.06 bits per heavy atom. The highest BCUT2D eigenvalue weighted by Crippen LogP contribution is 2.09. The van der Waals surface area contributed by atoms with Gasteiger partial charge in [-0.1, -0.05) is 6.07 Å². The Bertz CT molecular complexity index is 383. The fourth-order valence-corrected chi connectivity index (χ4v) is 1.40. The Labute approximate surface area is 99.0 Å². The van der Waals surface area contributed by atoms with Crippen LogP contribution in [0.1, 0.15) is 18.4 Å². The van der Waals surface area contributed by atoms with Crippen LogP contribution in [0.5, 0.6) is 0 Å². The van der Waals surface area contributed by atoms with Crippen LogP contribution in [0, 0.1) is 11.6 Å². The number of carbonyl (C=O) groups excluding carboxylic acids is 1. The Morgan fingerprint density at radius 3 is 2.71 bits per heavy atom. The molecule has 1 aromatic rings. The lowest BCUT2D eigenvalue weighted by Gasteiger charge is -2.05. The van der Waals surface area contributed by atoms with Crippen LogP contribution in [0.25, 0.3) is 0 Å². The van der Waals surface area contributed by atoms with Gasteiger partial charge >= 0.3 is 0 Å². The van der Waals surface area contributed by atoms with Gasteiger partial charge in [0, 0.05) is 12.6 Å². The predicted octanol–water partition coefficient (Wildman–Crippen LogP) is 1.36. The zero-order chi connectivity index (χ0) is 12.7. The molecule has 0 aromatic heterocycles. The molecule has 1 rings (SSSR count). The van der Waals surface area contributed by atoms with Crippen LogP contribution in [-0.4, -0.2) is 19.0 Å². The molecule has 0 spiro atoms. The van der Waals surface area contributed by atoms with E-state index in [9.17, 15) is 13.6 Å². The van der Waals surface area contributed by atoms with Crippen molar-refractivity contribution < 1.29 is 13.6 Å². The van der Waals surface area contributed by atoms with E-state index in [1.807, 2.05) is 0 Å². The van der Waals surface area contributed by atoms with Crippen molar-refractivity contribution >= 4 is 5.91 Å². The van der Waals surface area contributed by atoms with Crippen LogP contribution in [0.4, 0.5) is 8.78 Å². The molecule has 1 amide bonds. The van der Waals surface area contributed by atoms with Crippen molar-refractivity contribution in [3.8, 4) is 0 Å². The minimum absolute atomic E-state index is 0.0747. The maximum absolute atomic E-state index is 13.2. The number of carbonyl (C=O) groups is 1. The number of unbranched alkanes of at least 4 members (excludes halogenated alkanes) is 1. The number of nitrogens with two attached hydrogens (primary N) is 1. The van der Waals surface area contributed by atoms with E-state index >= 15 is 0 Å². The molecule has 1 aromatic carbocycles. The van der Waals surface area contributed by atoms with Crippen LogP contribution in [0.15, 0.2) is 18.2 Å². The number of hydrogen-bond donors (Lipinski definition) is 2. The largest absolute Gasteiger partial charge is 0.356 e. The first-order chi connectivity index (χ1) is 8.13. The second-order valence-corrected chi connectivity index (χ2v) is 3.76. The highest BCUT2D eigenvalue weighted by molar-refractivity contribution is 5.78. The van der Waals surface area contributed by atoms with Gasteiger partial charge in [-0.15, -0.1) is 0 Å². The normalized spacial score (nSPS) is 10.3. The Balaban J connectivity index is 2.40. The standard InChI is InChI=1S/C12H16F2N2O/c13-10-4-3-9(11(14)8-10)7-12(17)16-6-2-1-5-15/h3-4,8H,1-2,5-7,15H2,(H,16,17). The zero-order valence-electron chi connectivity index (χ0n) is 9.51. The van der Waals surface area contributed by atoms with Crippen molar-refractivity contribution in [1.29, 1.82) is 0 Å². The molecule has 94 valence electrons. The van der Waals surface area contributed by atoms with Gasteiger partial charge in [0.05, 0.1) is 6.42 Å². The summed E-state index contributed by atoms with van der Waals surface area (Å²) in [5.41, 5.74) is 5.50. The maximum atomic E-state index is 13.2. The highest BCUT2D eigenvalue weighted by Gasteiger charge is 2.08. The quantitative estimate of drug-likeness (QED) is 0.740. The van der Waals surface area contributed by atoms with Crippen molar-refractivity contribution in [2.75, 3.05) is 13.1 Å². The van der Waals surface area contributed by atoms with Crippen LogP contribution < -0.4 is 11.1 Å². The average Bonchev–Trinajstić information content (AvgIpc) is 2.28. The molecule has 3 N–H and O–H groups in total. The third kappa shape index (κ3) is 4.91. The zero-order valence-corrected chi connectivity index (χ0v) is 9.51. The molecule has 0 fully saturated rings. The maximum Gasteiger partial charge on any atom is 0.224 e. The van der Waals surface area contributed by atoms with E-state index in [0.717, 1.165) is 25.0 Å². The van der Waals surface area contributed by atoms with Crippen molar-refractivity contribution in [1.82, 2.24) is 5.32 Å². The van der Waals surface area contributed by atoms with Gasteiger partial charge in [-0.2, -0.15) is 0 Å². The number of nitrogens with one attached hydrogen (secondary N) is 1. The summed E-state index contributed by atoms with van der Waals surface area (Å²) >= 11 is 0. The van der Waals surface area contributed by atoms with Gasteiger partial charge in [-0.05, 0) is 31.0 Å². The first kappa shape index (κ1) is 13.6. The monoisotopic (exact) mass is 242 g/mol. The summed E-state index contributed by atoms with van der Waals surface area (Å²) in [4.78, 5) is 11.4. The predicted molar refractivity (Wildman–Crippen MR) is 61.4 cm³/mol. The summed E-state index contributed by atoms with van der Waals surface area (Å²) in [6.45, 7) is 1.11. The van der Waals surface area contributed by atoms with E-state index < -0.39 is 11.6 Å². The Morgan fingerprint density at radius 1 is 1.29 bits per heavy atom. The fraction of sp³-hybridized carbons (Fsp3) is 0.417. The molecule has 0 radical (unpaired) electrons. The van der Waals surface area contributed by atoms with Crippen molar-refractivity contribution in [2.24, 2.45) is 5.73 Å². The molecule has 0 unspecified atom stereocenters. The van der Waals surface area contributed by atoms with Gasteiger partial charge < -0.3 is 11.1 Å². The number of amides is 1. The molecular formula is C12H16F2N2O. The molecule has 0 saturated carbocycles. The smallest absolute Gasteiger partial charge is 0.224 e. The van der Waals surface area contributed by atoms with Gasteiger partial charge in [0.1, 0.15) is 11.6 Å². The van der Waals surface area contributed by atoms with E-state index in [-0.39, 0.29) is 17.9 Å². The van der Waals surface area contributed by atoms with Crippen LogP contribution in [0.2, 0.25) is 0 Å². The van der Waals surface area contributed by atoms with Gasteiger partial charge in [-0.25, -0.2) is 8.78 Å². The fourth-order valence-electron chi connectivity index (χ4n) is 1.40. The molecule has 0 saturated heterocycles. The molecule has 5 heteroatoms. The van der Waals surface area contributed by atoms with Crippen LogP contribution in [-0.2, 0) is 11.2 Å². The first-order valence-corrected chi connectivity index (χ1v) is 5.54. The topological polar surface area (TPSA) is 55.1 Å². The van der Waals surface area contributed by atoms with Gasteiger partial charge in [0.15, 0.2) is 0 Å². The number of hydrogen-bond acceptors (Lipinski definition) is 2. The summed E-state index contributed by atoms with van der Waals surface area (Å²) in [5, 5.41) is 2.65. The Hall–Kier alpha value is -1.49. The molecule has 0 bridgehead atoms. The average molecular weight is 242 g/mol. The number of halogens is 2. The van der Waals surface area contributed by atoms with Crippen molar-refractivity contribution in [2.45, 2.75) is 19.3 Å². The number of rotatable bonds is 6. The van der Waals surface area contributed by atoms with Gasteiger partial charge in [-0.3, -0.25) is 4.79 Å². The number of benzene rings is 1. The highest BCUT2D eigenvalue weighted by atomic mass is 19.1. The molecular weight excluding hydrogens is 226 g/mol. The van der Waals surface area contributed by atoms with E-state index in [1.165, 1.54) is 6.07 Å². The summed E-state index contributed by atoms with van der Waals surface area (Å²) in [7, 11) is 0. The molecule has 3 nitrogen and oxygen atoms in total. The third-order valence-corrected chi connectivity index (χ3v) is 2.32. The van der Waals surface area contributed by atoms with Gasteiger partial charge in [0.25, 0.3) is 0 Å². The van der Waals surface area contributed by atoms with Crippen molar-refractivity contribution in [3.05, 3.63) is 35.4 Å². The SMILES string of the molecule is NCCCCNC(=O)Cc1ccc(F)cc1F. The van der Waals surface area contributed by atoms with E-state index in [4.69, 9.17) is 5.73 Å². The molecule has 0 heterocycles. The second kappa shape index (κ2) is 6.96. The summed E-state index contributed by atoms with van der Waals surface area (Å²) in [6.07, 6.45) is 1.56.